The van der Waals surface area contributed by atoms with E-state index in [0.717, 1.165) is 11.1 Å². The highest BCUT2D eigenvalue weighted by molar-refractivity contribution is 5.80. The predicted molar refractivity (Wildman–Crippen MR) is 101 cm³/mol. The first-order chi connectivity index (χ1) is 11.9. The lowest BCUT2D eigenvalue weighted by molar-refractivity contribution is -0.132. The zero-order valence-corrected chi connectivity index (χ0v) is 14.7. The summed E-state index contributed by atoms with van der Waals surface area (Å²) in [5, 5.41) is 12.3. The molecule has 0 aliphatic carbocycles. The van der Waals surface area contributed by atoms with E-state index in [4.69, 9.17) is 5.26 Å². The molecule has 25 heavy (non-hydrogen) atoms. The normalized spacial score (nSPS) is 21.2. The molecule has 1 aromatic carbocycles. The standard InChI is InChI=1S/C21H23N3O/c1-5-18(19-11-8-9-17(13-19)15-22)10-6-7-12-21(3)14-20(25)24(4)16(2)23-21/h5-11,13,23H,1-2,12,14H2,3-4H3/b7-6-,18-10+. The van der Waals surface area contributed by atoms with Crippen molar-refractivity contribution < 1.29 is 4.79 Å². The van der Waals surface area contributed by atoms with Gasteiger partial charge in [-0.05, 0) is 36.6 Å². The number of rotatable bonds is 5. The van der Waals surface area contributed by atoms with E-state index in [-0.39, 0.29) is 11.4 Å². The van der Waals surface area contributed by atoms with Crippen molar-refractivity contribution in [3.63, 3.8) is 0 Å². The second kappa shape index (κ2) is 7.67. The molecule has 1 heterocycles. The van der Waals surface area contributed by atoms with E-state index in [0.29, 0.717) is 24.2 Å². The van der Waals surface area contributed by atoms with Gasteiger partial charge in [-0.2, -0.15) is 5.26 Å². The maximum Gasteiger partial charge on any atom is 0.230 e. The minimum atomic E-state index is -0.333. The monoisotopic (exact) mass is 333 g/mol. The third-order valence-corrected chi connectivity index (χ3v) is 4.29. The van der Waals surface area contributed by atoms with Crippen molar-refractivity contribution in [3.05, 3.63) is 78.7 Å². The molecule has 1 N–H and O–H groups in total. The van der Waals surface area contributed by atoms with Gasteiger partial charge in [-0.3, -0.25) is 4.79 Å². The molecule has 1 aliphatic heterocycles. The smallest absolute Gasteiger partial charge is 0.230 e. The number of hydrogen-bond acceptors (Lipinski definition) is 3. The van der Waals surface area contributed by atoms with Gasteiger partial charge in [0.15, 0.2) is 0 Å². The topological polar surface area (TPSA) is 56.1 Å². The highest BCUT2D eigenvalue weighted by Crippen LogP contribution is 2.24. The van der Waals surface area contributed by atoms with Crippen LogP contribution in [-0.4, -0.2) is 23.4 Å². The maximum absolute atomic E-state index is 12.0. The lowest BCUT2D eigenvalue weighted by atomic mass is 9.90. The molecule has 1 saturated heterocycles. The van der Waals surface area contributed by atoms with Crippen LogP contribution in [0.15, 0.2) is 67.5 Å². The van der Waals surface area contributed by atoms with E-state index in [1.165, 1.54) is 0 Å². The Morgan fingerprint density at radius 2 is 2.28 bits per heavy atom. The van der Waals surface area contributed by atoms with Gasteiger partial charge in [0, 0.05) is 12.6 Å². The fraction of sp³-hybridized carbons (Fsp3) is 0.238. The molecule has 4 nitrogen and oxygen atoms in total. The fourth-order valence-corrected chi connectivity index (χ4v) is 2.75. The number of nitrogens with zero attached hydrogens (tertiary/aromatic N) is 2. The van der Waals surface area contributed by atoms with Crippen LogP contribution in [0, 0.1) is 11.3 Å². The van der Waals surface area contributed by atoms with E-state index in [9.17, 15) is 4.79 Å². The van der Waals surface area contributed by atoms with Crippen LogP contribution in [0.4, 0.5) is 0 Å². The van der Waals surface area contributed by atoms with Crippen molar-refractivity contribution in [1.82, 2.24) is 10.2 Å². The van der Waals surface area contributed by atoms with Gasteiger partial charge in [0.25, 0.3) is 0 Å². The molecule has 0 saturated carbocycles. The van der Waals surface area contributed by atoms with E-state index >= 15 is 0 Å². The SMILES string of the molecule is C=C/C(=C\C=C/CC1(C)CC(=O)N(C)C(=C)N1)c1cccc(C#N)c1. The molecule has 2 rings (SSSR count). The largest absolute Gasteiger partial charge is 0.366 e. The molecular formula is C21H23N3O. The average Bonchev–Trinajstić information content (AvgIpc) is 2.59. The molecule has 1 aromatic rings. The third-order valence-electron chi connectivity index (χ3n) is 4.29. The first-order valence-corrected chi connectivity index (χ1v) is 8.12. The number of carbonyl (C=O) groups is 1. The lowest BCUT2D eigenvalue weighted by Crippen LogP contribution is -2.54. The molecule has 4 heteroatoms. The summed E-state index contributed by atoms with van der Waals surface area (Å²) in [6.07, 6.45) is 8.82. The Kier molecular flexibility index (Phi) is 5.61. The Balaban J connectivity index is 2.09. The van der Waals surface area contributed by atoms with Crippen molar-refractivity contribution in [2.75, 3.05) is 7.05 Å². The average molecular weight is 333 g/mol. The number of allylic oxidation sites excluding steroid dienone is 4. The highest BCUT2D eigenvalue weighted by Gasteiger charge is 2.34. The summed E-state index contributed by atoms with van der Waals surface area (Å²) in [6.45, 7) is 9.75. The molecule has 0 spiro atoms. The van der Waals surface area contributed by atoms with Crippen molar-refractivity contribution in [2.45, 2.75) is 25.3 Å². The van der Waals surface area contributed by atoms with Crippen molar-refractivity contribution in [2.24, 2.45) is 0 Å². The lowest BCUT2D eigenvalue weighted by Gasteiger charge is -2.40. The highest BCUT2D eigenvalue weighted by atomic mass is 16.2. The number of amides is 1. The van der Waals surface area contributed by atoms with E-state index < -0.39 is 0 Å². The van der Waals surface area contributed by atoms with E-state index in [1.54, 1.807) is 24.1 Å². The molecule has 1 amide bonds. The number of hydrogen-bond donors (Lipinski definition) is 1. The summed E-state index contributed by atoms with van der Waals surface area (Å²) in [5.74, 6) is 0.693. The Hall–Kier alpha value is -3.06. The molecule has 0 aromatic heterocycles. The minimum Gasteiger partial charge on any atom is -0.366 e. The molecule has 1 unspecified atom stereocenters. The molecular weight excluding hydrogens is 310 g/mol. The fourth-order valence-electron chi connectivity index (χ4n) is 2.75. The maximum atomic E-state index is 12.0. The summed E-state index contributed by atoms with van der Waals surface area (Å²) in [7, 11) is 1.72. The summed E-state index contributed by atoms with van der Waals surface area (Å²) in [6, 6.07) is 9.56. The quantitative estimate of drug-likeness (QED) is 0.835. The van der Waals surface area contributed by atoms with Crippen LogP contribution in [0.1, 0.15) is 30.9 Å². The van der Waals surface area contributed by atoms with Crippen LogP contribution >= 0.6 is 0 Å². The summed E-state index contributed by atoms with van der Waals surface area (Å²) >= 11 is 0. The van der Waals surface area contributed by atoms with Crippen LogP contribution in [-0.2, 0) is 4.79 Å². The Morgan fingerprint density at radius 3 is 2.92 bits per heavy atom. The second-order valence-electron chi connectivity index (χ2n) is 6.41. The second-order valence-corrected chi connectivity index (χ2v) is 6.41. The number of carbonyl (C=O) groups excluding carboxylic acids is 1. The van der Waals surface area contributed by atoms with Crippen molar-refractivity contribution in [1.29, 1.82) is 5.26 Å². The van der Waals surface area contributed by atoms with Crippen LogP contribution in [0.2, 0.25) is 0 Å². The predicted octanol–water partition coefficient (Wildman–Crippen LogP) is 3.76. The number of nitriles is 1. The number of benzene rings is 1. The van der Waals surface area contributed by atoms with E-state index in [2.05, 4.69) is 24.5 Å². The summed E-state index contributed by atoms with van der Waals surface area (Å²) in [5.41, 5.74) is 2.18. The van der Waals surface area contributed by atoms with Crippen LogP contribution in [0.3, 0.4) is 0 Å². The minimum absolute atomic E-state index is 0.0651. The van der Waals surface area contributed by atoms with Gasteiger partial charge in [-0.1, -0.05) is 49.6 Å². The van der Waals surface area contributed by atoms with Crippen molar-refractivity contribution in [3.8, 4) is 6.07 Å². The number of nitrogens with one attached hydrogen (secondary N) is 1. The molecule has 0 bridgehead atoms. The third kappa shape index (κ3) is 4.48. The Labute approximate surface area is 149 Å². The van der Waals surface area contributed by atoms with Gasteiger partial charge in [-0.15, -0.1) is 0 Å². The van der Waals surface area contributed by atoms with Crippen molar-refractivity contribution >= 4 is 11.5 Å². The summed E-state index contributed by atoms with van der Waals surface area (Å²) in [4.78, 5) is 13.5. The zero-order chi connectivity index (χ0) is 18.4. The van der Waals surface area contributed by atoms with Gasteiger partial charge in [0.05, 0.1) is 18.1 Å². The van der Waals surface area contributed by atoms with Crippen LogP contribution in [0.5, 0.6) is 0 Å². The molecule has 0 radical (unpaired) electrons. The molecule has 1 atom stereocenters. The Morgan fingerprint density at radius 1 is 1.52 bits per heavy atom. The van der Waals surface area contributed by atoms with Crippen LogP contribution < -0.4 is 5.32 Å². The van der Waals surface area contributed by atoms with Crippen LogP contribution in [0.25, 0.3) is 5.57 Å². The molecule has 128 valence electrons. The van der Waals surface area contributed by atoms with Gasteiger partial charge in [0.1, 0.15) is 5.82 Å². The molecule has 1 aliphatic rings. The first kappa shape index (κ1) is 18.3. The first-order valence-electron chi connectivity index (χ1n) is 8.12. The Bertz CT molecular complexity index is 778. The van der Waals surface area contributed by atoms with E-state index in [1.807, 2.05) is 43.4 Å². The van der Waals surface area contributed by atoms with Gasteiger partial charge in [-0.25, -0.2) is 0 Å². The zero-order valence-electron chi connectivity index (χ0n) is 14.7. The van der Waals surface area contributed by atoms with Gasteiger partial charge in [0.2, 0.25) is 5.91 Å². The van der Waals surface area contributed by atoms with Gasteiger partial charge >= 0.3 is 0 Å². The molecule has 1 fully saturated rings. The van der Waals surface area contributed by atoms with Gasteiger partial charge < -0.3 is 10.2 Å². The summed E-state index contributed by atoms with van der Waals surface area (Å²) < 4.78 is 0.